The number of aryl methyl sites for hydroxylation is 1. The Kier molecular flexibility index (Phi) is 9.29. The van der Waals surface area contributed by atoms with Gasteiger partial charge in [-0.2, -0.15) is 14.0 Å². The van der Waals surface area contributed by atoms with E-state index in [1.54, 1.807) is 0 Å². The van der Waals surface area contributed by atoms with Crippen molar-refractivity contribution in [3.05, 3.63) is 137 Å². The number of rotatable bonds is 10. The van der Waals surface area contributed by atoms with Gasteiger partial charge in [-0.05, 0) is 88.7 Å². The van der Waals surface area contributed by atoms with Gasteiger partial charge in [0.1, 0.15) is 40.7 Å². The lowest BCUT2D eigenvalue weighted by molar-refractivity contribution is -0.187. The topological polar surface area (TPSA) is 33.0 Å². The van der Waals surface area contributed by atoms with Gasteiger partial charge in [-0.3, -0.25) is 0 Å². The summed E-state index contributed by atoms with van der Waals surface area (Å²) < 4.78 is 92.9. The second-order valence-corrected chi connectivity index (χ2v) is 10.6. The van der Waals surface area contributed by atoms with Gasteiger partial charge in [0, 0.05) is 5.56 Å². The molecule has 0 atom stereocenters. The predicted molar refractivity (Wildman–Crippen MR) is 161 cm³/mol. The lowest BCUT2D eigenvalue weighted by Gasteiger charge is -2.19. The van der Waals surface area contributed by atoms with Crippen LogP contribution < -0.4 is 4.74 Å². The van der Waals surface area contributed by atoms with Gasteiger partial charge < -0.3 is 4.74 Å². The molecule has 2 nitrogen and oxygen atoms in total. The molecule has 0 radical (unpaired) electrons. The second kappa shape index (κ2) is 13.3. The zero-order valence-corrected chi connectivity index (χ0v) is 24.2. The van der Waals surface area contributed by atoms with Crippen LogP contribution in [0.1, 0.15) is 42.9 Å². The Labute approximate surface area is 257 Å². The lowest BCUT2D eigenvalue weighted by Crippen LogP contribution is -2.23. The van der Waals surface area contributed by atoms with Crippen molar-refractivity contribution in [2.45, 2.75) is 38.7 Å². The third-order valence-corrected chi connectivity index (χ3v) is 7.51. The molecule has 8 heteroatoms. The fourth-order valence-electron chi connectivity index (χ4n) is 5.06. The predicted octanol–water partition coefficient (Wildman–Crippen LogP) is 11.0. The maximum absolute atomic E-state index is 15.0. The largest absolute Gasteiger partial charge is 0.429 e. The number of benzene rings is 5. The van der Waals surface area contributed by atoms with E-state index in [1.807, 2.05) is 24.3 Å². The van der Waals surface area contributed by atoms with Crippen molar-refractivity contribution in [2.75, 3.05) is 0 Å². The standard InChI is InChI=1S/C37H27F6NO/c1-2-3-4-5-23-6-8-24(9-7-23)27-13-17-32(36(41)19-27)37(42,43)45-29-14-10-25(11-15-29)26-12-16-30(33(38)18-26)28-20-34(39)31(22-44)35(40)21-28/h6-21H,2-5H2,1H3. The quantitative estimate of drug-likeness (QED) is 0.116. The average Bonchev–Trinajstić information content (AvgIpc) is 3.01. The minimum absolute atomic E-state index is 0.0880. The van der Waals surface area contributed by atoms with Gasteiger partial charge in [0.25, 0.3) is 0 Å². The number of nitriles is 1. The van der Waals surface area contributed by atoms with Gasteiger partial charge >= 0.3 is 6.11 Å². The normalized spacial score (nSPS) is 11.3. The van der Waals surface area contributed by atoms with Gasteiger partial charge in [0.2, 0.25) is 0 Å². The molecule has 0 heterocycles. The first-order chi connectivity index (χ1) is 21.6. The number of ether oxygens (including phenoxy) is 1. The maximum atomic E-state index is 15.0. The van der Waals surface area contributed by atoms with E-state index in [0.29, 0.717) is 22.3 Å². The van der Waals surface area contributed by atoms with E-state index in [2.05, 4.69) is 6.92 Å². The Morgan fingerprint density at radius 1 is 0.622 bits per heavy atom. The van der Waals surface area contributed by atoms with Crippen molar-refractivity contribution in [3.63, 3.8) is 0 Å². The lowest BCUT2D eigenvalue weighted by atomic mass is 9.98. The summed E-state index contributed by atoms with van der Waals surface area (Å²) in [4.78, 5) is 0. The smallest absolute Gasteiger partial charge is 0.429 e. The van der Waals surface area contributed by atoms with Crippen LogP contribution >= 0.6 is 0 Å². The van der Waals surface area contributed by atoms with E-state index in [0.717, 1.165) is 61.6 Å². The molecule has 0 aliphatic heterocycles. The third kappa shape index (κ3) is 7.04. The molecule has 0 fully saturated rings. The molecule has 0 amide bonds. The molecule has 0 saturated heterocycles. The van der Waals surface area contributed by atoms with Gasteiger partial charge in [-0.15, -0.1) is 0 Å². The monoisotopic (exact) mass is 615 g/mol. The van der Waals surface area contributed by atoms with E-state index in [-0.39, 0.29) is 16.9 Å². The molecule has 228 valence electrons. The molecular weight excluding hydrogens is 588 g/mol. The van der Waals surface area contributed by atoms with Gasteiger partial charge in [0.05, 0.1) is 5.56 Å². The van der Waals surface area contributed by atoms with Crippen molar-refractivity contribution in [1.82, 2.24) is 0 Å². The van der Waals surface area contributed by atoms with Crippen molar-refractivity contribution < 1.29 is 31.1 Å². The molecule has 0 aliphatic rings. The molecule has 5 aromatic rings. The highest BCUT2D eigenvalue weighted by molar-refractivity contribution is 5.72. The molecule has 0 saturated carbocycles. The Morgan fingerprint density at radius 3 is 1.71 bits per heavy atom. The first kappa shape index (κ1) is 31.4. The maximum Gasteiger partial charge on any atom is 0.429 e. The van der Waals surface area contributed by atoms with Crippen LogP contribution in [-0.2, 0) is 12.5 Å². The molecule has 0 aliphatic carbocycles. The molecule has 5 rings (SSSR count). The summed E-state index contributed by atoms with van der Waals surface area (Å²) in [5.74, 6) is -4.36. The first-order valence-electron chi connectivity index (χ1n) is 14.3. The fraction of sp³-hybridized carbons (Fsp3) is 0.162. The van der Waals surface area contributed by atoms with Crippen LogP contribution in [0, 0.1) is 34.6 Å². The highest BCUT2D eigenvalue weighted by Crippen LogP contribution is 2.36. The Balaban J connectivity index is 1.29. The van der Waals surface area contributed by atoms with Crippen molar-refractivity contribution in [1.29, 1.82) is 5.26 Å². The minimum Gasteiger partial charge on any atom is -0.429 e. The number of unbranched alkanes of at least 4 members (excludes halogenated alkanes) is 2. The van der Waals surface area contributed by atoms with E-state index in [9.17, 15) is 17.6 Å². The number of hydrogen-bond donors (Lipinski definition) is 0. The van der Waals surface area contributed by atoms with Crippen LogP contribution in [0.25, 0.3) is 33.4 Å². The van der Waals surface area contributed by atoms with Crippen LogP contribution in [0.3, 0.4) is 0 Å². The van der Waals surface area contributed by atoms with E-state index in [4.69, 9.17) is 10.00 Å². The molecule has 45 heavy (non-hydrogen) atoms. The molecule has 5 aromatic carbocycles. The van der Waals surface area contributed by atoms with E-state index >= 15 is 8.78 Å². The summed E-state index contributed by atoms with van der Waals surface area (Å²) in [6.45, 7) is 2.13. The molecule has 0 aromatic heterocycles. The van der Waals surface area contributed by atoms with Gasteiger partial charge in [0.15, 0.2) is 0 Å². The molecule has 0 N–H and O–H groups in total. The molecular formula is C37H27F6NO. The van der Waals surface area contributed by atoms with Crippen LogP contribution in [0.15, 0.2) is 97.1 Å². The summed E-state index contributed by atoms with van der Waals surface area (Å²) in [7, 11) is 0. The minimum atomic E-state index is -3.98. The molecule has 0 bridgehead atoms. The van der Waals surface area contributed by atoms with Crippen molar-refractivity contribution in [2.24, 2.45) is 0 Å². The summed E-state index contributed by atoms with van der Waals surface area (Å²) in [6, 6.07) is 23.5. The SMILES string of the molecule is CCCCCc1ccc(-c2ccc(C(F)(F)Oc3ccc(-c4ccc(-c5cc(F)c(C#N)c(F)c5)c(F)c4)cc3)c(F)c2)cc1. The summed E-state index contributed by atoms with van der Waals surface area (Å²) in [5.41, 5.74) is 1.28. The number of alkyl halides is 2. The average molecular weight is 616 g/mol. The highest BCUT2D eigenvalue weighted by atomic mass is 19.3. The van der Waals surface area contributed by atoms with E-state index < -0.39 is 40.5 Å². The highest BCUT2D eigenvalue weighted by Gasteiger charge is 2.37. The van der Waals surface area contributed by atoms with Gasteiger partial charge in [-0.25, -0.2) is 17.6 Å². The van der Waals surface area contributed by atoms with Crippen LogP contribution in [0.4, 0.5) is 26.3 Å². The Hall–Kier alpha value is -5.03. The first-order valence-corrected chi connectivity index (χ1v) is 14.3. The van der Waals surface area contributed by atoms with Crippen molar-refractivity contribution >= 4 is 0 Å². The van der Waals surface area contributed by atoms with Crippen LogP contribution in [0.5, 0.6) is 5.75 Å². The number of hydrogen-bond acceptors (Lipinski definition) is 2. The van der Waals surface area contributed by atoms with Crippen LogP contribution in [0.2, 0.25) is 0 Å². The molecule has 0 unspecified atom stereocenters. The Bertz CT molecular complexity index is 1840. The van der Waals surface area contributed by atoms with Crippen LogP contribution in [-0.4, -0.2) is 0 Å². The fourth-order valence-corrected chi connectivity index (χ4v) is 5.06. The molecule has 0 spiro atoms. The third-order valence-electron chi connectivity index (χ3n) is 7.51. The number of nitrogens with zero attached hydrogens (tertiary/aromatic N) is 1. The summed E-state index contributed by atoms with van der Waals surface area (Å²) >= 11 is 0. The summed E-state index contributed by atoms with van der Waals surface area (Å²) in [5, 5.41) is 8.84. The number of halogens is 6. The Morgan fingerprint density at radius 2 is 1.16 bits per heavy atom. The van der Waals surface area contributed by atoms with Gasteiger partial charge in [-0.1, -0.05) is 74.4 Å². The second-order valence-electron chi connectivity index (χ2n) is 10.6. The zero-order chi connectivity index (χ0) is 32.1. The zero-order valence-electron chi connectivity index (χ0n) is 24.2. The van der Waals surface area contributed by atoms with Crippen molar-refractivity contribution in [3.8, 4) is 45.2 Å². The summed E-state index contributed by atoms with van der Waals surface area (Å²) in [6.07, 6.45) is 0.304. The van der Waals surface area contributed by atoms with E-state index in [1.165, 1.54) is 48.5 Å².